The molecule has 4 heteroatoms. The van der Waals surface area contributed by atoms with Crippen molar-refractivity contribution in [3.8, 4) is 0 Å². The van der Waals surface area contributed by atoms with Crippen LogP contribution in [0.3, 0.4) is 0 Å². The third kappa shape index (κ3) is 4.03. The zero-order chi connectivity index (χ0) is 15.5. The molecule has 116 valence electrons. The SMILES string of the molecule is CC(c1ccc(F)cc1)N(C)C(=O)CC1(N)CCCCC1. The highest BCUT2D eigenvalue weighted by Crippen LogP contribution is 2.30. The van der Waals surface area contributed by atoms with Crippen LogP contribution < -0.4 is 5.73 Å². The molecule has 21 heavy (non-hydrogen) atoms. The van der Waals surface area contributed by atoms with Crippen LogP contribution in [0, 0.1) is 5.82 Å². The molecule has 0 bridgehead atoms. The number of halogens is 1. The summed E-state index contributed by atoms with van der Waals surface area (Å²) in [5, 5.41) is 0. The molecule has 2 N–H and O–H groups in total. The van der Waals surface area contributed by atoms with Crippen molar-refractivity contribution in [1.29, 1.82) is 0 Å². The fourth-order valence-corrected chi connectivity index (χ4v) is 3.04. The third-order valence-electron chi connectivity index (χ3n) is 4.68. The van der Waals surface area contributed by atoms with E-state index in [9.17, 15) is 9.18 Å². The van der Waals surface area contributed by atoms with Gasteiger partial charge in [0.15, 0.2) is 0 Å². The van der Waals surface area contributed by atoms with Crippen LogP contribution in [0.2, 0.25) is 0 Å². The van der Waals surface area contributed by atoms with Gasteiger partial charge >= 0.3 is 0 Å². The van der Waals surface area contributed by atoms with Crippen molar-refractivity contribution in [2.24, 2.45) is 5.73 Å². The molecule has 0 saturated heterocycles. The molecule has 1 aliphatic rings. The Morgan fingerprint density at radius 3 is 2.43 bits per heavy atom. The highest BCUT2D eigenvalue weighted by Gasteiger charge is 2.32. The Morgan fingerprint density at radius 1 is 1.29 bits per heavy atom. The molecule has 1 amide bonds. The van der Waals surface area contributed by atoms with Crippen LogP contribution in [0.5, 0.6) is 0 Å². The molecule has 1 aliphatic carbocycles. The van der Waals surface area contributed by atoms with E-state index >= 15 is 0 Å². The van der Waals surface area contributed by atoms with Gasteiger partial charge < -0.3 is 10.6 Å². The first-order valence-electron chi connectivity index (χ1n) is 7.71. The molecule has 1 atom stereocenters. The molecule has 2 rings (SSSR count). The molecular formula is C17H25FN2O. The number of carbonyl (C=O) groups excluding carboxylic acids is 1. The van der Waals surface area contributed by atoms with E-state index in [-0.39, 0.29) is 23.3 Å². The summed E-state index contributed by atoms with van der Waals surface area (Å²) in [6.07, 6.45) is 5.70. The summed E-state index contributed by atoms with van der Waals surface area (Å²) in [6, 6.07) is 6.22. The first kappa shape index (κ1) is 16.0. The molecule has 3 nitrogen and oxygen atoms in total. The van der Waals surface area contributed by atoms with Crippen LogP contribution >= 0.6 is 0 Å². The van der Waals surface area contributed by atoms with Gasteiger partial charge in [0.2, 0.25) is 5.91 Å². The van der Waals surface area contributed by atoms with Gasteiger partial charge in [-0.25, -0.2) is 4.39 Å². The molecule has 0 radical (unpaired) electrons. The molecule has 1 fully saturated rings. The van der Waals surface area contributed by atoms with Crippen LogP contribution in [0.4, 0.5) is 4.39 Å². The molecule has 1 saturated carbocycles. The molecule has 1 unspecified atom stereocenters. The second-order valence-electron chi connectivity index (χ2n) is 6.33. The molecule has 0 aliphatic heterocycles. The van der Waals surface area contributed by atoms with Gasteiger partial charge in [-0.05, 0) is 37.5 Å². The maximum absolute atomic E-state index is 13.0. The zero-order valence-electron chi connectivity index (χ0n) is 12.9. The zero-order valence-corrected chi connectivity index (χ0v) is 12.9. The van der Waals surface area contributed by atoms with Gasteiger partial charge in [-0.1, -0.05) is 31.4 Å². The standard InChI is InChI=1S/C17H25FN2O/c1-13(14-6-8-15(18)9-7-14)20(2)16(21)12-17(19)10-4-3-5-11-17/h6-9,13H,3-5,10-12,19H2,1-2H3. The van der Waals surface area contributed by atoms with E-state index in [0.717, 1.165) is 31.2 Å². The van der Waals surface area contributed by atoms with Crippen molar-refractivity contribution in [2.75, 3.05) is 7.05 Å². The normalized spacial score (nSPS) is 19.0. The monoisotopic (exact) mass is 292 g/mol. The average Bonchev–Trinajstić information content (AvgIpc) is 2.46. The minimum Gasteiger partial charge on any atom is -0.339 e. The fourth-order valence-electron chi connectivity index (χ4n) is 3.04. The number of hydrogen-bond acceptors (Lipinski definition) is 2. The molecule has 0 spiro atoms. The van der Waals surface area contributed by atoms with Crippen LogP contribution in [0.1, 0.15) is 57.1 Å². The maximum atomic E-state index is 13.0. The van der Waals surface area contributed by atoms with Crippen molar-refractivity contribution in [3.05, 3.63) is 35.6 Å². The van der Waals surface area contributed by atoms with Crippen molar-refractivity contribution in [2.45, 2.75) is 57.0 Å². The van der Waals surface area contributed by atoms with Crippen LogP contribution in [0.25, 0.3) is 0 Å². The summed E-state index contributed by atoms with van der Waals surface area (Å²) in [7, 11) is 1.79. The molecule has 1 aromatic carbocycles. The van der Waals surface area contributed by atoms with E-state index < -0.39 is 0 Å². The highest BCUT2D eigenvalue weighted by atomic mass is 19.1. The smallest absolute Gasteiger partial charge is 0.224 e. The van der Waals surface area contributed by atoms with Crippen LogP contribution in [0.15, 0.2) is 24.3 Å². The van der Waals surface area contributed by atoms with E-state index in [1.165, 1.54) is 18.6 Å². The van der Waals surface area contributed by atoms with E-state index in [1.54, 1.807) is 24.1 Å². The van der Waals surface area contributed by atoms with E-state index in [1.807, 2.05) is 6.92 Å². The summed E-state index contributed by atoms with van der Waals surface area (Å²) in [5.41, 5.74) is 6.95. The number of rotatable bonds is 4. The second kappa shape index (κ2) is 6.56. The first-order valence-corrected chi connectivity index (χ1v) is 7.71. The largest absolute Gasteiger partial charge is 0.339 e. The third-order valence-corrected chi connectivity index (χ3v) is 4.68. The van der Waals surface area contributed by atoms with Crippen LogP contribution in [-0.2, 0) is 4.79 Å². The second-order valence-corrected chi connectivity index (χ2v) is 6.33. The summed E-state index contributed by atoms with van der Waals surface area (Å²) >= 11 is 0. The minimum absolute atomic E-state index is 0.0659. The number of hydrogen-bond donors (Lipinski definition) is 1. The van der Waals surface area contributed by atoms with Crippen LogP contribution in [-0.4, -0.2) is 23.4 Å². The lowest BCUT2D eigenvalue weighted by Gasteiger charge is -2.35. The van der Waals surface area contributed by atoms with Crippen molar-refractivity contribution < 1.29 is 9.18 Å². The summed E-state index contributed by atoms with van der Waals surface area (Å²) in [5.74, 6) is -0.195. The number of amides is 1. The number of nitrogens with two attached hydrogens (primary N) is 1. The number of nitrogens with zero attached hydrogens (tertiary/aromatic N) is 1. The Morgan fingerprint density at radius 2 is 1.86 bits per heavy atom. The van der Waals surface area contributed by atoms with Gasteiger partial charge in [-0.15, -0.1) is 0 Å². The van der Waals surface area contributed by atoms with Crippen molar-refractivity contribution in [3.63, 3.8) is 0 Å². The molecule has 0 heterocycles. The van der Waals surface area contributed by atoms with E-state index in [4.69, 9.17) is 5.73 Å². The van der Waals surface area contributed by atoms with Gasteiger partial charge in [-0.2, -0.15) is 0 Å². The molecule has 0 aromatic heterocycles. The Kier molecular flexibility index (Phi) is 4.99. The molecule has 1 aromatic rings. The van der Waals surface area contributed by atoms with Crippen molar-refractivity contribution in [1.82, 2.24) is 4.90 Å². The number of benzene rings is 1. The Balaban J connectivity index is 1.99. The lowest BCUT2D eigenvalue weighted by molar-refractivity contribution is -0.133. The Hall–Kier alpha value is -1.42. The van der Waals surface area contributed by atoms with E-state index in [0.29, 0.717) is 6.42 Å². The lowest BCUT2D eigenvalue weighted by Crippen LogP contribution is -2.46. The lowest BCUT2D eigenvalue weighted by atomic mass is 9.80. The summed E-state index contributed by atoms with van der Waals surface area (Å²) in [4.78, 5) is 14.2. The Labute approximate surface area is 126 Å². The summed E-state index contributed by atoms with van der Waals surface area (Å²) in [6.45, 7) is 1.95. The first-order chi connectivity index (χ1) is 9.91. The predicted molar refractivity (Wildman–Crippen MR) is 82.2 cm³/mol. The number of carbonyl (C=O) groups is 1. The van der Waals surface area contributed by atoms with Crippen molar-refractivity contribution >= 4 is 5.91 Å². The topological polar surface area (TPSA) is 46.3 Å². The summed E-state index contributed by atoms with van der Waals surface area (Å²) < 4.78 is 13.0. The van der Waals surface area contributed by atoms with Gasteiger partial charge in [0.05, 0.1) is 6.04 Å². The minimum atomic E-state index is -0.341. The van der Waals surface area contributed by atoms with Gasteiger partial charge in [0, 0.05) is 19.0 Å². The fraction of sp³-hybridized carbons (Fsp3) is 0.588. The van der Waals surface area contributed by atoms with Gasteiger partial charge in [0.25, 0.3) is 0 Å². The Bertz CT molecular complexity index is 480. The predicted octanol–water partition coefficient (Wildman–Crippen LogP) is 3.40. The van der Waals surface area contributed by atoms with Gasteiger partial charge in [0.1, 0.15) is 5.82 Å². The maximum Gasteiger partial charge on any atom is 0.224 e. The average molecular weight is 292 g/mol. The quantitative estimate of drug-likeness (QED) is 0.924. The highest BCUT2D eigenvalue weighted by molar-refractivity contribution is 5.77. The van der Waals surface area contributed by atoms with E-state index in [2.05, 4.69) is 0 Å². The van der Waals surface area contributed by atoms with Gasteiger partial charge in [-0.3, -0.25) is 4.79 Å². The molecular weight excluding hydrogens is 267 g/mol.